The van der Waals surface area contributed by atoms with Crippen molar-refractivity contribution in [3.63, 3.8) is 0 Å². The molecule has 8 heteroatoms. The van der Waals surface area contributed by atoms with E-state index in [-0.39, 0.29) is 41.8 Å². The number of aliphatic imine (C=N–C) groups is 1. The Labute approximate surface area is 151 Å². The van der Waals surface area contributed by atoms with Gasteiger partial charge in [-0.05, 0) is 39.0 Å². The van der Waals surface area contributed by atoms with E-state index in [4.69, 9.17) is 11.6 Å². The molecule has 0 heterocycles. The molecule has 2 N–H and O–H groups in total. The fraction of sp³-hybridized carbons (Fsp3) is 0.500. The maximum absolute atomic E-state index is 12.4. The van der Waals surface area contributed by atoms with Gasteiger partial charge in [0.25, 0.3) is 0 Å². The quantitative estimate of drug-likeness (QED) is 0.416. The monoisotopic (exact) mass is 447 g/mol. The summed E-state index contributed by atoms with van der Waals surface area (Å²) < 4.78 is 29.2. The third-order valence-electron chi connectivity index (χ3n) is 2.40. The van der Waals surface area contributed by atoms with Crippen molar-refractivity contribution in [3.8, 4) is 5.75 Å². The Hall–Kier alpha value is -0.830. The van der Waals surface area contributed by atoms with Gasteiger partial charge in [0.2, 0.25) is 0 Å². The highest BCUT2D eigenvalue weighted by molar-refractivity contribution is 14.0. The lowest BCUT2D eigenvalue weighted by Gasteiger charge is -2.24. The average molecular weight is 448 g/mol. The predicted octanol–water partition coefficient (Wildman–Crippen LogP) is 4.02. The van der Waals surface area contributed by atoms with E-state index in [2.05, 4.69) is 20.4 Å². The van der Waals surface area contributed by atoms with Crippen molar-refractivity contribution in [1.29, 1.82) is 0 Å². The van der Waals surface area contributed by atoms with Crippen molar-refractivity contribution < 1.29 is 13.5 Å². The van der Waals surface area contributed by atoms with Crippen molar-refractivity contribution in [3.05, 3.63) is 28.8 Å². The van der Waals surface area contributed by atoms with Gasteiger partial charge in [-0.25, -0.2) is 0 Å². The normalized spacial score (nSPS) is 11.9. The van der Waals surface area contributed by atoms with E-state index in [0.29, 0.717) is 16.5 Å². The van der Waals surface area contributed by atoms with Crippen LogP contribution in [0.15, 0.2) is 23.2 Å². The van der Waals surface area contributed by atoms with Gasteiger partial charge in [-0.3, -0.25) is 4.99 Å². The third kappa shape index (κ3) is 7.98. The topological polar surface area (TPSA) is 45.7 Å². The molecule has 22 heavy (non-hydrogen) atoms. The lowest BCUT2D eigenvalue weighted by Crippen LogP contribution is -2.47. The first-order chi connectivity index (χ1) is 9.71. The lowest BCUT2D eigenvalue weighted by atomic mass is 10.1. The molecule has 0 aliphatic carbocycles. The van der Waals surface area contributed by atoms with Crippen LogP contribution in [0.1, 0.15) is 26.3 Å². The predicted molar refractivity (Wildman–Crippen MR) is 96.6 cm³/mol. The molecule has 1 aromatic rings. The van der Waals surface area contributed by atoms with Crippen LogP contribution < -0.4 is 15.4 Å². The highest BCUT2D eigenvalue weighted by Gasteiger charge is 2.14. The number of guanidine groups is 1. The van der Waals surface area contributed by atoms with Gasteiger partial charge in [0.05, 0.1) is 0 Å². The first-order valence-corrected chi connectivity index (χ1v) is 6.81. The summed E-state index contributed by atoms with van der Waals surface area (Å²) in [6, 6.07) is 4.51. The highest BCUT2D eigenvalue weighted by Crippen LogP contribution is 2.24. The van der Waals surface area contributed by atoms with Crippen molar-refractivity contribution in [2.75, 3.05) is 7.05 Å². The van der Waals surface area contributed by atoms with Gasteiger partial charge in [0.15, 0.2) is 5.96 Å². The molecule has 126 valence electrons. The van der Waals surface area contributed by atoms with Crippen LogP contribution in [0.5, 0.6) is 5.75 Å². The number of ether oxygens (including phenoxy) is 1. The van der Waals surface area contributed by atoms with Gasteiger partial charge >= 0.3 is 6.61 Å². The van der Waals surface area contributed by atoms with Crippen molar-refractivity contribution in [2.24, 2.45) is 4.99 Å². The van der Waals surface area contributed by atoms with Gasteiger partial charge in [-0.2, -0.15) is 8.78 Å². The molecule has 4 nitrogen and oxygen atoms in total. The SMILES string of the molecule is CN=C(NCc1cc(Cl)ccc1OC(F)F)NC(C)(C)C.I. The van der Waals surface area contributed by atoms with E-state index in [0.717, 1.165) is 0 Å². The molecule has 0 aromatic heterocycles. The number of alkyl halides is 2. The second kappa shape index (κ2) is 9.34. The Morgan fingerprint density at radius 2 is 2.00 bits per heavy atom. The molecule has 0 unspecified atom stereocenters. The number of nitrogens with one attached hydrogen (secondary N) is 2. The molecule has 0 radical (unpaired) electrons. The standard InChI is InChI=1S/C14H20ClF2N3O.HI/c1-14(2,3)20-13(18-4)19-8-9-7-10(15)5-6-11(9)21-12(16)17;/h5-7,12H,8H2,1-4H3,(H2,18,19,20);1H. The van der Waals surface area contributed by atoms with Gasteiger partial charge in [0, 0.05) is 29.7 Å². The number of hydrogen-bond donors (Lipinski definition) is 2. The van der Waals surface area contributed by atoms with Crippen LogP contribution in [0.4, 0.5) is 8.78 Å². The fourth-order valence-corrected chi connectivity index (χ4v) is 1.81. The summed E-state index contributed by atoms with van der Waals surface area (Å²) in [5.41, 5.74) is 0.359. The molecule has 1 aromatic carbocycles. The molecular weight excluding hydrogens is 427 g/mol. The van der Waals surface area contributed by atoms with E-state index >= 15 is 0 Å². The molecular formula is C14H21ClF2IN3O. The largest absolute Gasteiger partial charge is 0.434 e. The zero-order valence-corrected chi connectivity index (χ0v) is 16.0. The van der Waals surface area contributed by atoms with Crippen molar-refractivity contribution in [2.45, 2.75) is 39.5 Å². The smallest absolute Gasteiger partial charge is 0.387 e. The average Bonchev–Trinajstić information content (AvgIpc) is 2.35. The van der Waals surface area contributed by atoms with Gasteiger partial charge < -0.3 is 15.4 Å². The van der Waals surface area contributed by atoms with Gasteiger partial charge in [-0.1, -0.05) is 11.6 Å². The lowest BCUT2D eigenvalue weighted by molar-refractivity contribution is -0.0504. The number of halogens is 4. The van der Waals surface area contributed by atoms with E-state index in [1.807, 2.05) is 20.8 Å². The zero-order chi connectivity index (χ0) is 16.0. The minimum Gasteiger partial charge on any atom is -0.434 e. The minimum absolute atomic E-state index is 0. The van der Waals surface area contributed by atoms with Crippen LogP contribution in [-0.4, -0.2) is 25.2 Å². The highest BCUT2D eigenvalue weighted by atomic mass is 127. The summed E-state index contributed by atoms with van der Waals surface area (Å²) >= 11 is 5.89. The summed E-state index contributed by atoms with van der Waals surface area (Å²) in [6.45, 7) is 3.36. The summed E-state index contributed by atoms with van der Waals surface area (Å²) in [5, 5.41) is 6.66. The zero-order valence-electron chi connectivity index (χ0n) is 12.9. The van der Waals surface area contributed by atoms with E-state index in [1.165, 1.54) is 12.1 Å². The second-order valence-electron chi connectivity index (χ2n) is 5.43. The van der Waals surface area contributed by atoms with Gasteiger partial charge in [0.1, 0.15) is 5.75 Å². The van der Waals surface area contributed by atoms with E-state index in [1.54, 1.807) is 13.1 Å². The number of hydrogen-bond acceptors (Lipinski definition) is 2. The molecule has 0 fully saturated rings. The summed E-state index contributed by atoms with van der Waals surface area (Å²) in [7, 11) is 1.63. The molecule has 0 amide bonds. The maximum Gasteiger partial charge on any atom is 0.387 e. The molecule has 0 saturated carbocycles. The Morgan fingerprint density at radius 1 is 1.36 bits per heavy atom. The molecule has 0 aliphatic heterocycles. The molecule has 1 rings (SSSR count). The second-order valence-corrected chi connectivity index (χ2v) is 5.87. The number of nitrogens with zero attached hydrogens (tertiary/aromatic N) is 1. The summed E-state index contributed by atoms with van der Waals surface area (Å²) in [5.74, 6) is 0.651. The van der Waals surface area contributed by atoms with Crippen LogP contribution in [-0.2, 0) is 6.54 Å². The summed E-state index contributed by atoms with van der Waals surface area (Å²) in [6.07, 6.45) is 0. The van der Waals surface area contributed by atoms with Crippen LogP contribution >= 0.6 is 35.6 Å². The minimum atomic E-state index is -2.88. The van der Waals surface area contributed by atoms with Crippen molar-refractivity contribution >= 4 is 41.5 Å². The summed E-state index contributed by atoms with van der Waals surface area (Å²) in [4.78, 5) is 4.07. The first kappa shape index (κ1) is 21.2. The Bertz CT molecular complexity index is 507. The molecule has 0 bridgehead atoms. The van der Waals surface area contributed by atoms with E-state index < -0.39 is 6.61 Å². The van der Waals surface area contributed by atoms with Crippen LogP contribution in [0.2, 0.25) is 5.02 Å². The third-order valence-corrected chi connectivity index (χ3v) is 2.64. The molecule has 0 aliphatic rings. The number of benzene rings is 1. The fourth-order valence-electron chi connectivity index (χ4n) is 1.61. The molecule has 0 atom stereocenters. The Balaban J connectivity index is 0.00000441. The van der Waals surface area contributed by atoms with Crippen molar-refractivity contribution in [1.82, 2.24) is 10.6 Å². The van der Waals surface area contributed by atoms with Crippen LogP contribution in [0, 0.1) is 0 Å². The van der Waals surface area contributed by atoms with Crippen LogP contribution in [0.25, 0.3) is 0 Å². The Kier molecular flexibility index (Phi) is 8.99. The maximum atomic E-state index is 12.4. The molecule has 0 spiro atoms. The first-order valence-electron chi connectivity index (χ1n) is 6.43. The van der Waals surface area contributed by atoms with Gasteiger partial charge in [-0.15, -0.1) is 24.0 Å². The molecule has 0 saturated heterocycles. The van der Waals surface area contributed by atoms with Crippen LogP contribution in [0.3, 0.4) is 0 Å². The number of rotatable bonds is 4. The Morgan fingerprint density at radius 3 is 2.50 bits per heavy atom. The van der Waals surface area contributed by atoms with E-state index in [9.17, 15) is 8.78 Å².